The number of hydrogen-bond donors (Lipinski definition) is 1. The lowest BCUT2D eigenvalue weighted by Gasteiger charge is -1.95. The second-order valence-corrected chi connectivity index (χ2v) is 3.49. The van der Waals surface area contributed by atoms with Crippen LogP contribution in [0.25, 0.3) is 5.65 Å². The van der Waals surface area contributed by atoms with Gasteiger partial charge in [0.15, 0.2) is 5.65 Å². The average molecular weight is 244 g/mol. The van der Waals surface area contributed by atoms with Crippen LogP contribution in [0.15, 0.2) is 22.8 Å². The molecule has 0 aliphatic carbocycles. The third-order valence-electron chi connectivity index (χ3n) is 1.60. The van der Waals surface area contributed by atoms with Gasteiger partial charge in [-0.2, -0.15) is 12.6 Å². The van der Waals surface area contributed by atoms with E-state index < -0.39 is 0 Å². The van der Waals surface area contributed by atoms with E-state index in [1.165, 1.54) is 0 Å². The van der Waals surface area contributed by atoms with Gasteiger partial charge in [-0.1, -0.05) is 0 Å². The Balaban J connectivity index is 2.80. The van der Waals surface area contributed by atoms with E-state index >= 15 is 0 Å². The molecule has 62 valence electrons. The van der Waals surface area contributed by atoms with Crippen LogP contribution in [0.3, 0.4) is 0 Å². The molecule has 0 aliphatic heterocycles. The van der Waals surface area contributed by atoms with Crippen LogP contribution in [-0.4, -0.2) is 14.6 Å². The first-order chi connectivity index (χ1) is 5.83. The zero-order valence-electron chi connectivity index (χ0n) is 6.11. The summed E-state index contributed by atoms with van der Waals surface area (Å²) in [4.78, 5) is 0. The van der Waals surface area contributed by atoms with Gasteiger partial charge in [-0.25, -0.2) is 0 Å². The molecule has 0 amide bonds. The molecule has 2 aromatic heterocycles. The molecule has 0 unspecified atom stereocenters. The number of fused-ring (bicyclic) bond motifs is 1. The van der Waals surface area contributed by atoms with Crippen LogP contribution in [0.5, 0.6) is 0 Å². The minimum Gasteiger partial charge on any atom is -0.285 e. The predicted molar refractivity (Wildman–Crippen MR) is 53.4 cm³/mol. The Morgan fingerprint density at radius 1 is 1.50 bits per heavy atom. The highest BCUT2D eigenvalue weighted by Crippen LogP contribution is 2.16. The van der Waals surface area contributed by atoms with Crippen molar-refractivity contribution in [3.8, 4) is 0 Å². The summed E-state index contributed by atoms with van der Waals surface area (Å²) >= 11 is 7.54. The third-order valence-corrected chi connectivity index (χ3v) is 2.50. The molecule has 0 radical (unpaired) electrons. The van der Waals surface area contributed by atoms with E-state index in [2.05, 4.69) is 38.8 Å². The van der Waals surface area contributed by atoms with E-state index in [1.54, 1.807) is 0 Å². The number of aromatic nitrogens is 3. The highest BCUT2D eigenvalue weighted by atomic mass is 79.9. The van der Waals surface area contributed by atoms with Gasteiger partial charge in [0.2, 0.25) is 0 Å². The molecule has 0 aliphatic rings. The number of pyridine rings is 1. The van der Waals surface area contributed by atoms with E-state index in [4.69, 9.17) is 0 Å². The lowest BCUT2D eigenvalue weighted by atomic mass is 10.5. The van der Waals surface area contributed by atoms with Crippen LogP contribution in [0.2, 0.25) is 0 Å². The summed E-state index contributed by atoms with van der Waals surface area (Å²) < 4.78 is 2.86. The maximum absolute atomic E-state index is 4.15. The first kappa shape index (κ1) is 8.07. The van der Waals surface area contributed by atoms with Crippen molar-refractivity contribution >= 4 is 34.2 Å². The number of thiol groups is 1. The molecule has 2 aromatic rings. The quantitative estimate of drug-likeness (QED) is 0.777. The van der Waals surface area contributed by atoms with Gasteiger partial charge in [-0.05, 0) is 28.1 Å². The van der Waals surface area contributed by atoms with E-state index in [1.807, 2.05) is 22.7 Å². The zero-order chi connectivity index (χ0) is 8.55. The van der Waals surface area contributed by atoms with E-state index in [9.17, 15) is 0 Å². The fourth-order valence-corrected chi connectivity index (χ4v) is 1.68. The van der Waals surface area contributed by atoms with Crippen LogP contribution in [0, 0.1) is 0 Å². The molecule has 0 N–H and O–H groups in total. The van der Waals surface area contributed by atoms with Gasteiger partial charge in [0.25, 0.3) is 0 Å². The van der Waals surface area contributed by atoms with Crippen molar-refractivity contribution in [2.24, 2.45) is 0 Å². The molecule has 2 heterocycles. The van der Waals surface area contributed by atoms with Gasteiger partial charge in [0.1, 0.15) is 5.82 Å². The summed E-state index contributed by atoms with van der Waals surface area (Å²) in [6, 6.07) is 3.87. The molecule has 0 aromatic carbocycles. The van der Waals surface area contributed by atoms with Crippen molar-refractivity contribution in [1.82, 2.24) is 14.6 Å². The van der Waals surface area contributed by atoms with Crippen LogP contribution >= 0.6 is 28.6 Å². The largest absolute Gasteiger partial charge is 0.285 e. The Morgan fingerprint density at radius 3 is 3.08 bits per heavy atom. The Labute approximate surface area is 83.3 Å². The molecule has 0 bridgehead atoms. The summed E-state index contributed by atoms with van der Waals surface area (Å²) in [6.45, 7) is 0. The van der Waals surface area contributed by atoms with E-state index in [0.717, 1.165) is 15.9 Å². The normalized spacial score (nSPS) is 10.8. The van der Waals surface area contributed by atoms with Crippen molar-refractivity contribution < 1.29 is 0 Å². The van der Waals surface area contributed by atoms with Crippen LogP contribution in [0.1, 0.15) is 5.82 Å². The molecule has 2 rings (SSSR count). The Morgan fingerprint density at radius 2 is 2.33 bits per heavy atom. The lowest BCUT2D eigenvalue weighted by Crippen LogP contribution is -1.89. The molecule has 5 heteroatoms. The Kier molecular flexibility index (Phi) is 2.06. The van der Waals surface area contributed by atoms with Gasteiger partial charge in [-0.3, -0.25) is 4.40 Å². The van der Waals surface area contributed by atoms with Gasteiger partial charge in [-0.15, -0.1) is 10.2 Å². The maximum Gasteiger partial charge on any atom is 0.175 e. The topological polar surface area (TPSA) is 30.2 Å². The monoisotopic (exact) mass is 243 g/mol. The summed E-state index contributed by atoms with van der Waals surface area (Å²) in [6.07, 6.45) is 1.92. The summed E-state index contributed by atoms with van der Waals surface area (Å²) in [5.74, 6) is 1.45. The molecule has 0 spiro atoms. The van der Waals surface area contributed by atoms with Crippen molar-refractivity contribution in [3.05, 3.63) is 28.6 Å². The van der Waals surface area contributed by atoms with Gasteiger partial charge < -0.3 is 0 Å². The van der Waals surface area contributed by atoms with Crippen LogP contribution in [0.4, 0.5) is 0 Å². The van der Waals surface area contributed by atoms with Gasteiger partial charge in [0.05, 0.1) is 10.2 Å². The molecule has 0 fully saturated rings. The molecular weight excluding hydrogens is 238 g/mol. The standard InChI is InChI=1S/C7H6BrN3S/c8-5-2-1-3-11-6(4-12)9-10-7(5)11/h1-3,12H,4H2. The van der Waals surface area contributed by atoms with Crippen molar-refractivity contribution in [3.63, 3.8) is 0 Å². The fourth-order valence-electron chi connectivity index (χ4n) is 1.04. The second kappa shape index (κ2) is 3.06. The van der Waals surface area contributed by atoms with Crippen molar-refractivity contribution in [2.45, 2.75) is 5.75 Å². The van der Waals surface area contributed by atoms with Gasteiger partial charge >= 0.3 is 0 Å². The summed E-state index contributed by atoms with van der Waals surface area (Å²) in [5, 5.41) is 7.99. The van der Waals surface area contributed by atoms with E-state index in [-0.39, 0.29) is 0 Å². The first-order valence-corrected chi connectivity index (χ1v) is 4.84. The fraction of sp³-hybridized carbons (Fsp3) is 0.143. The lowest BCUT2D eigenvalue weighted by molar-refractivity contribution is 0.993. The highest BCUT2D eigenvalue weighted by molar-refractivity contribution is 9.10. The number of hydrogen-bond acceptors (Lipinski definition) is 3. The minimum absolute atomic E-state index is 0.595. The highest BCUT2D eigenvalue weighted by Gasteiger charge is 2.04. The van der Waals surface area contributed by atoms with E-state index in [0.29, 0.717) is 5.75 Å². The Bertz CT molecular complexity index is 412. The number of halogens is 1. The molecule has 0 saturated heterocycles. The number of rotatable bonds is 1. The van der Waals surface area contributed by atoms with Crippen LogP contribution < -0.4 is 0 Å². The summed E-state index contributed by atoms with van der Waals surface area (Å²) in [5.41, 5.74) is 0.835. The SMILES string of the molecule is SCc1nnc2c(Br)cccn12. The molecule has 3 nitrogen and oxygen atoms in total. The summed E-state index contributed by atoms with van der Waals surface area (Å²) in [7, 11) is 0. The molecule has 0 atom stereocenters. The molecular formula is C7H6BrN3S. The average Bonchev–Trinajstić information content (AvgIpc) is 2.49. The minimum atomic E-state index is 0.595. The Hall–Kier alpha value is -0.550. The van der Waals surface area contributed by atoms with Crippen molar-refractivity contribution in [1.29, 1.82) is 0 Å². The van der Waals surface area contributed by atoms with Crippen molar-refractivity contribution in [2.75, 3.05) is 0 Å². The maximum atomic E-state index is 4.15. The third kappa shape index (κ3) is 1.13. The first-order valence-electron chi connectivity index (χ1n) is 3.42. The predicted octanol–water partition coefficient (Wildman–Crippen LogP) is 1.92. The smallest absolute Gasteiger partial charge is 0.175 e. The number of nitrogens with zero attached hydrogens (tertiary/aromatic N) is 3. The van der Waals surface area contributed by atoms with Gasteiger partial charge in [0, 0.05) is 6.20 Å². The zero-order valence-corrected chi connectivity index (χ0v) is 8.59. The van der Waals surface area contributed by atoms with Crippen LogP contribution in [-0.2, 0) is 5.75 Å². The molecule has 0 saturated carbocycles. The second-order valence-electron chi connectivity index (χ2n) is 2.32. The molecule has 12 heavy (non-hydrogen) atoms.